The lowest BCUT2D eigenvalue weighted by molar-refractivity contribution is -0.159. The average molecular weight is 441 g/mol. The molecule has 2 amide bonds. The number of benzene rings is 2. The average Bonchev–Trinajstić information content (AvgIpc) is 2.85. The zero-order chi connectivity index (χ0) is 22.8. The molecule has 1 aromatic heterocycles. The van der Waals surface area contributed by atoms with Crippen molar-refractivity contribution < 1.29 is 14.7 Å². The molecular formula is C26H24N4O3. The van der Waals surface area contributed by atoms with Crippen LogP contribution in [-0.4, -0.2) is 68.5 Å². The van der Waals surface area contributed by atoms with Crippen LogP contribution in [0.2, 0.25) is 0 Å². The Morgan fingerprint density at radius 3 is 2.42 bits per heavy atom. The van der Waals surface area contributed by atoms with Crippen LogP contribution in [0.4, 0.5) is 0 Å². The first-order valence-corrected chi connectivity index (χ1v) is 11.0. The first kappa shape index (κ1) is 21.0. The molecule has 33 heavy (non-hydrogen) atoms. The van der Waals surface area contributed by atoms with E-state index in [1.54, 1.807) is 4.90 Å². The second-order valence-corrected chi connectivity index (χ2v) is 8.33. The number of nitrogens with zero attached hydrogens (tertiary/aromatic N) is 4. The summed E-state index contributed by atoms with van der Waals surface area (Å²) in [5.41, 5.74) is 3.47. The van der Waals surface area contributed by atoms with Crippen LogP contribution >= 0.6 is 0 Å². The lowest BCUT2D eigenvalue weighted by Gasteiger charge is -2.58. The van der Waals surface area contributed by atoms with E-state index in [4.69, 9.17) is 0 Å². The van der Waals surface area contributed by atoms with Crippen molar-refractivity contribution >= 4 is 24.0 Å². The largest absolute Gasteiger partial charge is 0.394 e. The van der Waals surface area contributed by atoms with Gasteiger partial charge in [0, 0.05) is 24.9 Å². The van der Waals surface area contributed by atoms with Crippen LogP contribution in [0.15, 0.2) is 73.2 Å². The van der Waals surface area contributed by atoms with Gasteiger partial charge in [-0.25, -0.2) is 4.98 Å². The molecule has 3 heterocycles. The van der Waals surface area contributed by atoms with Crippen molar-refractivity contribution in [1.29, 1.82) is 0 Å². The Morgan fingerprint density at radius 1 is 1.03 bits per heavy atom. The van der Waals surface area contributed by atoms with E-state index in [-0.39, 0.29) is 48.7 Å². The number of aliphatic hydroxyl groups excluding tert-OH is 1. The molecule has 0 saturated carbocycles. The van der Waals surface area contributed by atoms with Gasteiger partial charge in [-0.1, -0.05) is 66.7 Å². The number of aromatic nitrogens is 2. The molecular weight excluding hydrogens is 416 g/mol. The maximum absolute atomic E-state index is 12.8. The molecule has 1 N–H and O–H groups in total. The van der Waals surface area contributed by atoms with Crippen molar-refractivity contribution in [3.8, 4) is 0 Å². The Kier molecular flexibility index (Phi) is 5.71. The molecule has 7 heteroatoms. The predicted molar refractivity (Wildman–Crippen MR) is 124 cm³/mol. The molecule has 2 saturated heterocycles. The van der Waals surface area contributed by atoms with E-state index < -0.39 is 0 Å². The molecule has 166 valence electrons. The first-order chi connectivity index (χ1) is 16.2. The topological polar surface area (TPSA) is 86.6 Å². The lowest BCUT2D eigenvalue weighted by Crippen LogP contribution is -2.73. The highest BCUT2D eigenvalue weighted by molar-refractivity contribution is 5.96. The van der Waals surface area contributed by atoms with E-state index >= 15 is 0 Å². The monoisotopic (exact) mass is 440 g/mol. The highest BCUT2D eigenvalue weighted by Crippen LogP contribution is 2.43. The normalized spacial score (nSPS) is 22.2. The fraction of sp³-hybridized carbons (Fsp3) is 0.231. The van der Waals surface area contributed by atoms with Gasteiger partial charge in [-0.2, -0.15) is 0 Å². The van der Waals surface area contributed by atoms with Crippen LogP contribution < -0.4 is 0 Å². The molecule has 2 aliphatic rings. The maximum atomic E-state index is 12.8. The molecule has 0 radical (unpaired) electrons. The van der Waals surface area contributed by atoms with Gasteiger partial charge in [-0.05, 0) is 16.7 Å². The number of fused-ring (bicyclic) bond motifs is 1. The standard InChI is InChI=1S/C26H24N4O3/c31-17-23-25(20-10-8-19(9-11-20)7-6-18-4-2-1-3-5-18)22-15-29(16-24(32)30(22)23)26(33)21-14-27-12-13-28-21/h1-14,22-23,25,31H,15-17H2/t22-,23+,25+/m0/s1. The van der Waals surface area contributed by atoms with E-state index in [0.29, 0.717) is 6.54 Å². The second kappa shape index (κ2) is 8.96. The van der Waals surface area contributed by atoms with Crippen LogP contribution in [0.25, 0.3) is 12.2 Å². The van der Waals surface area contributed by atoms with Gasteiger partial charge in [0.1, 0.15) is 12.2 Å². The fourth-order valence-corrected chi connectivity index (χ4v) is 4.81. The quantitative estimate of drug-likeness (QED) is 0.616. The minimum atomic E-state index is -0.302. The van der Waals surface area contributed by atoms with Gasteiger partial charge in [0.15, 0.2) is 0 Å². The Morgan fingerprint density at radius 2 is 1.76 bits per heavy atom. The lowest BCUT2D eigenvalue weighted by atomic mass is 9.73. The van der Waals surface area contributed by atoms with Crippen molar-refractivity contribution in [2.24, 2.45) is 0 Å². The van der Waals surface area contributed by atoms with Crippen molar-refractivity contribution in [2.75, 3.05) is 19.7 Å². The fourth-order valence-electron chi connectivity index (χ4n) is 4.81. The number of carbonyl (C=O) groups is 2. The smallest absolute Gasteiger partial charge is 0.274 e. The van der Waals surface area contributed by atoms with E-state index in [2.05, 4.69) is 22.1 Å². The summed E-state index contributed by atoms with van der Waals surface area (Å²) in [7, 11) is 0. The third-order valence-electron chi connectivity index (χ3n) is 6.41. The molecule has 2 aliphatic heterocycles. The number of amides is 2. The number of rotatable bonds is 5. The highest BCUT2D eigenvalue weighted by Gasteiger charge is 2.54. The Labute approximate surface area is 192 Å². The molecule has 0 unspecified atom stereocenters. The van der Waals surface area contributed by atoms with Gasteiger partial charge >= 0.3 is 0 Å². The number of aliphatic hydroxyl groups is 1. The SMILES string of the molecule is O=C(c1cnccn1)N1CC(=O)N2[C@H](CO)[C@H](c3ccc(C=Cc4ccccc4)cc3)[C@@H]2C1. The zero-order valence-corrected chi connectivity index (χ0v) is 18.0. The number of hydrogen-bond acceptors (Lipinski definition) is 5. The molecule has 5 rings (SSSR count). The highest BCUT2D eigenvalue weighted by atomic mass is 16.3. The van der Waals surface area contributed by atoms with Crippen LogP contribution in [0.3, 0.4) is 0 Å². The third-order valence-corrected chi connectivity index (χ3v) is 6.41. The summed E-state index contributed by atoms with van der Waals surface area (Å²) >= 11 is 0. The van der Waals surface area contributed by atoms with Crippen molar-refractivity contribution in [2.45, 2.75) is 18.0 Å². The molecule has 2 aromatic carbocycles. The van der Waals surface area contributed by atoms with Crippen LogP contribution in [0.1, 0.15) is 33.1 Å². The van der Waals surface area contributed by atoms with E-state index in [1.165, 1.54) is 23.5 Å². The third kappa shape index (κ3) is 4.03. The molecule has 7 nitrogen and oxygen atoms in total. The summed E-state index contributed by atoms with van der Waals surface area (Å²) in [6.45, 7) is 0.275. The maximum Gasteiger partial charge on any atom is 0.274 e. The van der Waals surface area contributed by atoms with Crippen molar-refractivity contribution in [3.05, 3.63) is 95.6 Å². The Balaban J connectivity index is 1.34. The van der Waals surface area contributed by atoms with Crippen molar-refractivity contribution in [1.82, 2.24) is 19.8 Å². The summed E-state index contributed by atoms with van der Waals surface area (Å²) in [5, 5.41) is 9.99. The van der Waals surface area contributed by atoms with E-state index in [0.717, 1.165) is 16.7 Å². The van der Waals surface area contributed by atoms with E-state index in [1.807, 2.05) is 54.6 Å². The van der Waals surface area contributed by atoms with Crippen molar-refractivity contribution in [3.63, 3.8) is 0 Å². The van der Waals surface area contributed by atoms with Crippen LogP contribution in [0.5, 0.6) is 0 Å². The zero-order valence-electron chi connectivity index (χ0n) is 18.0. The summed E-state index contributed by atoms with van der Waals surface area (Å²) in [5.74, 6) is -0.492. The molecule has 0 aliphatic carbocycles. The second-order valence-electron chi connectivity index (χ2n) is 8.33. The summed E-state index contributed by atoms with van der Waals surface area (Å²) in [6, 6.07) is 17.8. The first-order valence-electron chi connectivity index (χ1n) is 11.0. The number of piperazine rings is 1. The molecule has 0 bridgehead atoms. The Bertz CT molecular complexity index is 1170. The summed E-state index contributed by atoms with van der Waals surface area (Å²) in [6.07, 6.45) is 8.50. The van der Waals surface area contributed by atoms with E-state index in [9.17, 15) is 14.7 Å². The number of carbonyl (C=O) groups excluding carboxylic acids is 2. The molecule has 0 spiro atoms. The van der Waals surface area contributed by atoms with Gasteiger partial charge in [-0.15, -0.1) is 0 Å². The number of hydrogen-bond donors (Lipinski definition) is 1. The minimum absolute atomic E-state index is 0.0155. The van der Waals surface area contributed by atoms with Gasteiger partial charge in [0.05, 0.1) is 24.9 Å². The van der Waals surface area contributed by atoms with Gasteiger partial charge in [-0.3, -0.25) is 14.6 Å². The molecule has 3 aromatic rings. The molecule has 2 fully saturated rings. The van der Waals surface area contributed by atoms with Gasteiger partial charge in [0.2, 0.25) is 5.91 Å². The predicted octanol–water partition coefficient (Wildman–Crippen LogP) is 2.46. The Hall–Kier alpha value is -3.84. The summed E-state index contributed by atoms with van der Waals surface area (Å²) < 4.78 is 0. The molecule has 3 atom stereocenters. The van der Waals surface area contributed by atoms with Gasteiger partial charge in [0.25, 0.3) is 5.91 Å². The summed E-state index contributed by atoms with van der Waals surface area (Å²) in [4.78, 5) is 36.9. The van der Waals surface area contributed by atoms with Gasteiger partial charge < -0.3 is 14.9 Å². The van der Waals surface area contributed by atoms with Crippen LogP contribution in [0, 0.1) is 0 Å². The minimum Gasteiger partial charge on any atom is -0.394 e. The van der Waals surface area contributed by atoms with Crippen LogP contribution in [-0.2, 0) is 4.79 Å².